The normalized spacial score (nSPS) is 20.8. The first-order chi connectivity index (χ1) is 69.1. The lowest BCUT2D eigenvalue weighted by Gasteiger charge is -2.33. The van der Waals surface area contributed by atoms with E-state index in [9.17, 15) is 43.3 Å². The number of hydrogen-bond acceptors (Lipinski definition) is 35. The second-order valence-corrected chi connectivity index (χ2v) is 38.4. The van der Waals surface area contributed by atoms with Gasteiger partial charge < -0.3 is 100 Å². The van der Waals surface area contributed by atoms with Crippen LogP contribution in [0.25, 0.3) is 33.4 Å². The van der Waals surface area contributed by atoms with Crippen molar-refractivity contribution in [1.29, 1.82) is 0 Å². The number of nitrogens with two attached hydrogens (primary N) is 1. The number of pyridine rings is 2. The van der Waals surface area contributed by atoms with Gasteiger partial charge in [0.2, 0.25) is 0 Å². The molecule has 762 valence electrons. The van der Waals surface area contributed by atoms with E-state index in [1.807, 2.05) is 45.4 Å². The molecule has 10 aromatic heterocycles. The number of nitrogen functional groups attached to an aromatic ring is 1. The second kappa shape index (κ2) is 47.1. The molecule has 0 bridgehead atoms. The van der Waals surface area contributed by atoms with Crippen molar-refractivity contribution in [3.8, 4) is 41.0 Å². The first-order valence-corrected chi connectivity index (χ1v) is 49.4. The molecule has 4 unspecified atom stereocenters. The highest BCUT2D eigenvalue weighted by Crippen LogP contribution is 2.49. The number of rotatable bonds is 35. The number of piperidine rings is 4. The molecule has 9 aliphatic rings. The van der Waals surface area contributed by atoms with Crippen molar-refractivity contribution < 1.29 is 76.4 Å². The lowest BCUT2D eigenvalue weighted by molar-refractivity contribution is 0.0643. The van der Waals surface area contributed by atoms with Gasteiger partial charge in [-0.25, -0.2) is 43.4 Å². The number of halogens is 2. The highest BCUT2D eigenvalue weighted by Gasteiger charge is 2.53. The van der Waals surface area contributed by atoms with Gasteiger partial charge >= 0.3 is 24.0 Å². The summed E-state index contributed by atoms with van der Waals surface area (Å²) in [5, 5.41) is 47.9. The van der Waals surface area contributed by atoms with Crippen molar-refractivity contribution >= 4 is 74.9 Å². The Morgan fingerprint density at radius 1 is 0.566 bits per heavy atom. The molecule has 5 aliphatic heterocycles. The Morgan fingerprint density at radius 2 is 1.03 bits per heavy atom. The Hall–Kier alpha value is -13.5. The minimum Gasteiger partial charge on any atom is -0.489 e. The summed E-state index contributed by atoms with van der Waals surface area (Å²) in [4.78, 5) is 124. The maximum absolute atomic E-state index is 14.0. The number of carbonyl (C=O) groups excluding carboxylic acids is 4. The number of aliphatic hydroxyl groups is 3. The number of aryl methyl sites for hydroxylation is 1. The van der Waals surface area contributed by atoms with Crippen molar-refractivity contribution in [2.45, 2.75) is 186 Å². The molecule has 5 saturated heterocycles. The molecule has 0 spiro atoms. The van der Waals surface area contributed by atoms with Crippen molar-refractivity contribution in [2.24, 2.45) is 36.6 Å². The first kappa shape index (κ1) is 102. The van der Waals surface area contributed by atoms with Gasteiger partial charge in [0.15, 0.2) is 11.6 Å². The van der Waals surface area contributed by atoms with Gasteiger partial charge in [0.05, 0.1) is 75.6 Å². The number of alkyl halides is 2. The molecule has 41 nitrogen and oxygen atoms in total. The summed E-state index contributed by atoms with van der Waals surface area (Å²) in [7, 11) is 3.42. The maximum Gasteiger partial charge on any atom is 0.319 e. The van der Waals surface area contributed by atoms with Crippen LogP contribution in [0.4, 0.5) is 37.9 Å². The van der Waals surface area contributed by atoms with Gasteiger partial charge in [-0.1, -0.05) is 17.4 Å². The number of nitrogens with one attached hydrogen (secondary N) is 5. The third-order valence-corrected chi connectivity index (χ3v) is 27.4. The van der Waals surface area contributed by atoms with E-state index < -0.39 is 35.2 Å². The number of hydrogen-bond donors (Lipinski definition) is 9. The van der Waals surface area contributed by atoms with Crippen molar-refractivity contribution in [3.63, 3.8) is 0 Å². The second-order valence-electron chi connectivity index (χ2n) is 38.4. The van der Waals surface area contributed by atoms with Crippen LogP contribution in [0, 0.1) is 29.6 Å². The van der Waals surface area contributed by atoms with E-state index >= 15 is 0 Å². The Bertz CT molecular complexity index is 5920. The molecule has 4 amide bonds. The molecule has 10 N–H and O–H groups in total. The van der Waals surface area contributed by atoms with Crippen LogP contribution in [-0.2, 0) is 29.4 Å². The van der Waals surface area contributed by atoms with Crippen LogP contribution in [0.2, 0.25) is 0 Å². The molecule has 9 atom stereocenters. The van der Waals surface area contributed by atoms with Crippen LogP contribution < -0.4 is 70.3 Å². The Morgan fingerprint density at radius 3 is 1.48 bits per heavy atom. The average Bonchev–Trinajstić information content (AvgIpc) is 1.59. The Labute approximate surface area is 828 Å². The zero-order chi connectivity index (χ0) is 100. The van der Waals surface area contributed by atoms with E-state index in [-0.39, 0.29) is 122 Å². The van der Waals surface area contributed by atoms with Gasteiger partial charge in [0.1, 0.15) is 88.4 Å². The number of fused-ring (bicyclic) bond motifs is 3. The molecule has 7 fully saturated rings. The zero-order valence-corrected chi connectivity index (χ0v) is 82.4. The Balaban J connectivity index is 0.000000137. The van der Waals surface area contributed by atoms with Gasteiger partial charge in [-0.15, -0.1) is 5.10 Å². The third kappa shape index (κ3) is 26.5. The van der Waals surface area contributed by atoms with Crippen LogP contribution >= 0.6 is 0 Å². The molecular formula is C100H129F2N27O14. The van der Waals surface area contributed by atoms with E-state index in [1.54, 1.807) is 102 Å². The molecule has 4 aliphatic carbocycles. The van der Waals surface area contributed by atoms with Crippen LogP contribution in [0.15, 0.2) is 104 Å². The fourth-order valence-corrected chi connectivity index (χ4v) is 18.6. The van der Waals surface area contributed by atoms with E-state index in [2.05, 4.69) is 150 Å². The van der Waals surface area contributed by atoms with Gasteiger partial charge in [0, 0.05) is 200 Å². The molecule has 15 heterocycles. The predicted octanol–water partition coefficient (Wildman–Crippen LogP) is 8.83. The summed E-state index contributed by atoms with van der Waals surface area (Å²) in [6.07, 6.45) is 30.5. The highest BCUT2D eigenvalue weighted by molar-refractivity contribution is 5.95. The number of aliphatic hydroxyl groups excluding tert-OH is 3. The molecule has 10 aromatic rings. The molecule has 0 radical (unpaired) electrons. The van der Waals surface area contributed by atoms with Gasteiger partial charge in [-0.05, 0) is 184 Å². The van der Waals surface area contributed by atoms with Crippen molar-refractivity contribution in [1.82, 2.24) is 111 Å². The molecule has 143 heavy (non-hydrogen) atoms. The number of methoxy groups -OCH3 is 1. The van der Waals surface area contributed by atoms with E-state index in [0.717, 1.165) is 175 Å². The number of anilines is 5. The Kier molecular flexibility index (Phi) is 33.7. The fourth-order valence-electron chi connectivity index (χ4n) is 18.6. The fraction of sp³-hybridized carbons (Fsp3) is 0.540. The summed E-state index contributed by atoms with van der Waals surface area (Å²) in [5.74, 6) is 3.19. The van der Waals surface area contributed by atoms with Crippen molar-refractivity contribution in [2.75, 3.05) is 151 Å². The van der Waals surface area contributed by atoms with Crippen LogP contribution in [0.5, 0.6) is 29.8 Å². The van der Waals surface area contributed by atoms with Gasteiger partial charge in [0.25, 0.3) is 23.6 Å². The van der Waals surface area contributed by atoms with Gasteiger partial charge in [-0.2, -0.15) is 39.9 Å². The summed E-state index contributed by atoms with van der Waals surface area (Å²) in [6.45, 7) is 20.5. The molecule has 2 saturated carbocycles. The number of H-pyrrole nitrogens is 1. The maximum atomic E-state index is 14.0. The number of amides is 4. The molecule has 0 aromatic carbocycles. The minimum atomic E-state index is -1.21. The number of aromatic amines is 1. The number of allylic oxidation sites excluding steroid dienone is 4. The first-order valence-electron chi connectivity index (χ1n) is 49.4. The topological polar surface area (TPSA) is 508 Å². The standard InChI is InChI=1S/2C25H31FN6O3.C25H35N9O4.C25H32N6O4/c2*1-15(12-33)29-23(34)21-9-22(31-24(30-21)35-13-17-10-25(17,2)26)32-7-5-16(6-8-32)18-3-4-20-19(18)11-27-14-28-20;1-5-27-24(35)19-11-22(31-25(30-19)38-16(2)14-36-4)34-8-6-17(7-9-34)15-37-21-10-18(12-28-23(21)26)20-13-29-32-33(20)3;1-16(14-32)28-24(33)21-12-22(30-25(29-21)35-15-18-4-3-11-34-18)31-9-6-17(7-10-31)20-13-27-23-19(20)5-2-8-26-23/h2*3,9,11,14-17,33H,4-8,10,12-13H2,1-2H3,(H,29,34);10-13,16-17H,5-9,14-15H2,1-4H3,(H2,26,28)(H,27,35);2,5,8,12-13,16-18,32H,3-4,6-7,9-11,14-15H2,1H3,(H,26,27)(H,28,33)/t2*15-,17?,25?;16-;16-,18-/m1111/s1. The summed E-state index contributed by atoms with van der Waals surface area (Å²) < 4.78 is 69.6. The highest BCUT2D eigenvalue weighted by atomic mass is 19.1. The SMILES string of the molecule is CCNC(=O)c1cc(N2CCC(COc3cc(-c4cnnn4C)cnc3N)CC2)nc(O[C@H](C)COC)n1.C[C@H](CO)NC(=O)c1cc(N2CCC(C3=CCc4ncncc43)CC2)nc(OCC2CC2(C)F)n1.C[C@H](CO)NC(=O)c1cc(N2CCC(C3=CCc4ncncc43)CC2)nc(OCC2CC2(C)F)n1.C[C@H](CO)NC(=O)c1cc(N2CCC(c3c[nH]c4ncccc34)CC2)nc(OC[C@H]2CCCO2)n1. The largest absolute Gasteiger partial charge is 0.489 e. The average molecular weight is 1970 g/mol. The van der Waals surface area contributed by atoms with Crippen LogP contribution in [-0.4, -0.2) is 296 Å². The van der Waals surface area contributed by atoms with E-state index in [1.165, 1.54) is 22.1 Å². The zero-order valence-electron chi connectivity index (χ0n) is 82.4. The van der Waals surface area contributed by atoms with Gasteiger partial charge in [-0.3, -0.25) is 19.2 Å². The monoisotopic (exact) mass is 1970 g/mol. The van der Waals surface area contributed by atoms with E-state index in [4.69, 9.17) is 38.9 Å². The molecule has 43 heteroatoms. The lowest BCUT2D eigenvalue weighted by Crippen LogP contribution is -2.37. The lowest BCUT2D eigenvalue weighted by atomic mass is 9.87. The number of ether oxygens (including phenoxy) is 7. The summed E-state index contributed by atoms with van der Waals surface area (Å²) in [6, 6.07) is 11.9. The van der Waals surface area contributed by atoms with E-state index in [0.29, 0.717) is 97.7 Å². The molecule has 19 rings (SSSR count). The number of nitrogens with zero attached hydrogens (tertiary/aromatic N) is 21. The summed E-state index contributed by atoms with van der Waals surface area (Å²) >= 11 is 0. The number of aromatic nitrogens is 18. The predicted molar refractivity (Wildman–Crippen MR) is 528 cm³/mol. The van der Waals surface area contributed by atoms with Crippen LogP contribution in [0.1, 0.15) is 201 Å². The summed E-state index contributed by atoms with van der Waals surface area (Å²) in [5.41, 5.74) is 15.5. The van der Waals surface area contributed by atoms with Crippen molar-refractivity contribution in [3.05, 3.63) is 155 Å². The molecular weight excluding hydrogens is 1840 g/mol. The van der Waals surface area contributed by atoms with Crippen LogP contribution in [0.3, 0.4) is 0 Å². The number of carbonyl (C=O) groups is 4. The third-order valence-electron chi connectivity index (χ3n) is 27.4. The smallest absolute Gasteiger partial charge is 0.319 e. The minimum absolute atomic E-state index is 0.0235. The quantitative estimate of drug-likeness (QED) is 0.0179.